The van der Waals surface area contributed by atoms with Crippen LogP contribution in [-0.2, 0) is 0 Å². The number of nitrogens with zero attached hydrogens (tertiary/aromatic N) is 1. The second-order valence-electron chi connectivity index (χ2n) is 4.68. The van der Waals surface area contributed by atoms with Gasteiger partial charge in [-0.15, -0.1) is 11.8 Å². The van der Waals surface area contributed by atoms with E-state index in [1.54, 1.807) is 6.07 Å². The third kappa shape index (κ3) is 2.63. The van der Waals surface area contributed by atoms with E-state index in [9.17, 15) is 0 Å². The largest absolute Gasteiger partial charge is 0.378 e. The lowest BCUT2D eigenvalue weighted by atomic mass is 10.0. The van der Waals surface area contributed by atoms with Crippen molar-refractivity contribution in [3.63, 3.8) is 0 Å². The van der Waals surface area contributed by atoms with Crippen LogP contribution in [-0.4, -0.2) is 5.75 Å². The van der Waals surface area contributed by atoms with Crippen LogP contribution in [0.1, 0.15) is 23.6 Å². The zero-order valence-electron chi connectivity index (χ0n) is 10.8. The van der Waals surface area contributed by atoms with Crippen molar-refractivity contribution in [1.29, 1.82) is 5.26 Å². The highest BCUT2D eigenvalue weighted by molar-refractivity contribution is 7.99. The van der Waals surface area contributed by atoms with E-state index >= 15 is 0 Å². The van der Waals surface area contributed by atoms with Gasteiger partial charge in [-0.3, -0.25) is 0 Å². The Hall–Kier alpha value is -1.63. The van der Waals surface area contributed by atoms with Gasteiger partial charge in [-0.25, -0.2) is 0 Å². The predicted molar refractivity (Wildman–Crippen MR) is 84.3 cm³/mol. The molecule has 4 heteroatoms. The molecule has 0 radical (unpaired) electrons. The molecule has 1 aliphatic heterocycles. The first kappa shape index (κ1) is 13.4. The Bertz CT molecular complexity index is 678. The Morgan fingerprint density at radius 2 is 2.10 bits per heavy atom. The number of rotatable bonds is 2. The highest BCUT2D eigenvalue weighted by Gasteiger charge is 2.20. The Kier molecular flexibility index (Phi) is 3.86. The smallest absolute Gasteiger partial charge is 0.101 e. The summed E-state index contributed by atoms with van der Waals surface area (Å²) in [5.74, 6) is 1.10. The van der Waals surface area contributed by atoms with Gasteiger partial charge in [0.25, 0.3) is 0 Å². The molecule has 3 rings (SSSR count). The number of halogens is 1. The summed E-state index contributed by atoms with van der Waals surface area (Å²) in [7, 11) is 0. The second kappa shape index (κ2) is 5.78. The van der Waals surface area contributed by atoms with Crippen LogP contribution in [0.25, 0.3) is 0 Å². The zero-order chi connectivity index (χ0) is 13.9. The molecule has 2 aromatic carbocycles. The van der Waals surface area contributed by atoms with E-state index in [4.69, 9.17) is 16.9 Å². The maximum absolute atomic E-state index is 9.04. The molecule has 0 aliphatic carbocycles. The van der Waals surface area contributed by atoms with E-state index in [0.29, 0.717) is 16.6 Å². The van der Waals surface area contributed by atoms with Gasteiger partial charge in [0.1, 0.15) is 6.07 Å². The zero-order valence-corrected chi connectivity index (χ0v) is 12.3. The first-order chi connectivity index (χ1) is 9.78. The minimum absolute atomic E-state index is 0.292. The summed E-state index contributed by atoms with van der Waals surface area (Å²) in [6.07, 6.45) is 1.08. The highest BCUT2D eigenvalue weighted by Crippen LogP contribution is 2.37. The molecule has 2 aromatic rings. The quantitative estimate of drug-likeness (QED) is 0.860. The number of anilines is 1. The Balaban J connectivity index is 1.88. The molecule has 1 atom stereocenters. The van der Waals surface area contributed by atoms with Crippen LogP contribution in [0.2, 0.25) is 5.02 Å². The topological polar surface area (TPSA) is 35.8 Å². The monoisotopic (exact) mass is 300 g/mol. The maximum atomic E-state index is 9.04. The van der Waals surface area contributed by atoms with E-state index in [1.807, 2.05) is 23.9 Å². The van der Waals surface area contributed by atoms with Gasteiger partial charge in [-0.1, -0.05) is 29.8 Å². The standard InChI is InChI=1S/C16H13ClN2S/c17-14-6-5-12(9-11(14)10-18)19-15-7-8-20-16-4-2-1-3-13(15)16/h1-6,9,15,19H,7-8H2. The average molecular weight is 301 g/mol. The molecule has 20 heavy (non-hydrogen) atoms. The second-order valence-corrected chi connectivity index (χ2v) is 6.22. The van der Waals surface area contributed by atoms with Crippen molar-refractivity contribution in [2.45, 2.75) is 17.4 Å². The van der Waals surface area contributed by atoms with Gasteiger partial charge in [-0.05, 0) is 36.2 Å². The summed E-state index contributed by atoms with van der Waals surface area (Å²) in [6.45, 7) is 0. The van der Waals surface area contributed by atoms with Gasteiger partial charge in [0.15, 0.2) is 0 Å². The Morgan fingerprint density at radius 3 is 2.95 bits per heavy atom. The summed E-state index contributed by atoms with van der Waals surface area (Å²) >= 11 is 7.87. The molecule has 0 aromatic heterocycles. The maximum Gasteiger partial charge on any atom is 0.101 e. The van der Waals surface area contributed by atoms with E-state index in [2.05, 4.69) is 35.7 Å². The van der Waals surface area contributed by atoms with Crippen molar-refractivity contribution >= 4 is 29.1 Å². The molecule has 0 amide bonds. The fourth-order valence-corrected chi connectivity index (χ4v) is 3.68. The van der Waals surface area contributed by atoms with Crippen LogP contribution in [0.3, 0.4) is 0 Å². The van der Waals surface area contributed by atoms with Crippen molar-refractivity contribution in [3.8, 4) is 6.07 Å². The lowest BCUT2D eigenvalue weighted by Gasteiger charge is -2.26. The first-order valence-corrected chi connectivity index (χ1v) is 7.82. The SMILES string of the molecule is N#Cc1cc(NC2CCSc3ccccc32)ccc1Cl. The summed E-state index contributed by atoms with van der Waals surface area (Å²) in [5.41, 5.74) is 2.78. The third-order valence-corrected chi connectivity index (χ3v) is 4.84. The molecule has 1 unspecified atom stereocenters. The van der Waals surface area contributed by atoms with E-state index in [-0.39, 0.29) is 0 Å². The van der Waals surface area contributed by atoms with Gasteiger partial charge in [0.2, 0.25) is 0 Å². The molecule has 0 bridgehead atoms. The molecular formula is C16H13ClN2S. The third-order valence-electron chi connectivity index (χ3n) is 3.39. The molecule has 1 aliphatic rings. The number of benzene rings is 2. The number of fused-ring (bicyclic) bond motifs is 1. The van der Waals surface area contributed by atoms with Crippen molar-refractivity contribution < 1.29 is 0 Å². The minimum Gasteiger partial charge on any atom is -0.378 e. The number of nitrogens with one attached hydrogen (secondary N) is 1. The first-order valence-electron chi connectivity index (χ1n) is 6.46. The number of hydrogen-bond acceptors (Lipinski definition) is 3. The Morgan fingerprint density at radius 1 is 1.25 bits per heavy atom. The lowest BCUT2D eigenvalue weighted by molar-refractivity contribution is 0.728. The molecule has 1 N–H and O–H groups in total. The average Bonchev–Trinajstić information content (AvgIpc) is 2.49. The van der Waals surface area contributed by atoms with Crippen molar-refractivity contribution in [1.82, 2.24) is 0 Å². The normalized spacial score (nSPS) is 17.1. The highest BCUT2D eigenvalue weighted by atomic mass is 35.5. The molecule has 2 nitrogen and oxygen atoms in total. The van der Waals surface area contributed by atoms with Gasteiger partial charge < -0.3 is 5.32 Å². The summed E-state index contributed by atoms with van der Waals surface area (Å²) in [6, 6.07) is 16.4. The van der Waals surface area contributed by atoms with Crippen LogP contribution in [0.4, 0.5) is 5.69 Å². The number of thioether (sulfide) groups is 1. The molecule has 100 valence electrons. The number of hydrogen-bond donors (Lipinski definition) is 1. The lowest BCUT2D eigenvalue weighted by Crippen LogP contribution is -2.16. The molecule has 0 spiro atoms. The van der Waals surface area contributed by atoms with Gasteiger partial charge in [0.05, 0.1) is 16.6 Å². The fraction of sp³-hybridized carbons (Fsp3) is 0.188. The number of nitriles is 1. The summed E-state index contributed by atoms with van der Waals surface area (Å²) in [5, 5.41) is 13.1. The van der Waals surface area contributed by atoms with Gasteiger partial charge in [-0.2, -0.15) is 5.26 Å². The molecule has 0 fully saturated rings. The van der Waals surface area contributed by atoms with Crippen LogP contribution in [0.15, 0.2) is 47.4 Å². The van der Waals surface area contributed by atoms with Crippen molar-refractivity contribution in [3.05, 3.63) is 58.6 Å². The summed E-state index contributed by atoms with van der Waals surface area (Å²) in [4.78, 5) is 1.34. The molecule has 0 saturated carbocycles. The fourth-order valence-electron chi connectivity index (χ4n) is 2.39. The van der Waals surface area contributed by atoms with Crippen molar-refractivity contribution in [2.24, 2.45) is 0 Å². The van der Waals surface area contributed by atoms with E-state index < -0.39 is 0 Å². The van der Waals surface area contributed by atoms with Crippen LogP contribution >= 0.6 is 23.4 Å². The van der Waals surface area contributed by atoms with Crippen molar-refractivity contribution in [2.75, 3.05) is 11.1 Å². The Labute approximate surface area is 127 Å². The molecule has 1 heterocycles. The van der Waals surface area contributed by atoms with Crippen LogP contribution in [0, 0.1) is 11.3 Å². The van der Waals surface area contributed by atoms with Crippen LogP contribution < -0.4 is 5.32 Å². The molecular weight excluding hydrogens is 288 g/mol. The van der Waals surface area contributed by atoms with Gasteiger partial charge >= 0.3 is 0 Å². The van der Waals surface area contributed by atoms with E-state index in [0.717, 1.165) is 17.9 Å². The van der Waals surface area contributed by atoms with Crippen LogP contribution in [0.5, 0.6) is 0 Å². The minimum atomic E-state index is 0.292. The van der Waals surface area contributed by atoms with E-state index in [1.165, 1.54) is 10.5 Å². The summed E-state index contributed by atoms with van der Waals surface area (Å²) < 4.78 is 0. The predicted octanol–water partition coefficient (Wildman–Crippen LogP) is 4.86. The molecule has 0 saturated heterocycles. The van der Waals surface area contributed by atoms with Gasteiger partial charge in [0, 0.05) is 16.3 Å².